The average Bonchev–Trinajstić information content (AvgIpc) is 3.26. The van der Waals surface area contributed by atoms with Gasteiger partial charge in [-0.05, 0) is 70.6 Å². The van der Waals surface area contributed by atoms with Crippen molar-refractivity contribution >= 4 is 17.9 Å². The highest BCUT2D eigenvalue weighted by Gasteiger charge is 2.19. The van der Waals surface area contributed by atoms with E-state index in [9.17, 15) is 14.4 Å². The van der Waals surface area contributed by atoms with Gasteiger partial charge in [0.2, 0.25) is 0 Å². The lowest BCUT2D eigenvalue weighted by molar-refractivity contribution is -0.167. The van der Waals surface area contributed by atoms with Gasteiger partial charge in [-0.25, -0.2) is 0 Å². The molecule has 0 aliphatic carbocycles. The smallest absolute Gasteiger partial charge is 0.306 e. The third kappa shape index (κ3) is 48.3. The number of unbranched alkanes of at least 4 members (excludes halogenated alkanes) is 30. The van der Waals surface area contributed by atoms with E-state index in [-0.39, 0.29) is 31.1 Å². The van der Waals surface area contributed by atoms with Gasteiger partial charge in [-0.2, -0.15) is 0 Å². The SMILES string of the molecule is CCCCCCC\C=C/C=C\C=C/CCCCCCCC(=O)OCC(COC(=O)CCCCCCCCCCCCC)OC(=O)CCCCC/C=C\CCCCCCCCC. The second-order valence-electron chi connectivity index (χ2n) is 17.5. The van der Waals surface area contributed by atoms with Crippen LogP contribution in [0.1, 0.15) is 265 Å². The van der Waals surface area contributed by atoms with Crippen molar-refractivity contribution in [3.05, 3.63) is 48.6 Å². The molecule has 6 heteroatoms. The number of carbonyl (C=O) groups excluding carboxylic acids is 3. The first kappa shape index (κ1) is 58.4. The summed E-state index contributed by atoms with van der Waals surface area (Å²) < 4.78 is 16.8. The highest BCUT2D eigenvalue weighted by molar-refractivity contribution is 5.71. The summed E-state index contributed by atoms with van der Waals surface area (Å²) in [7, 11) is 0. The molecule has 0 bridgehead atoms. The Labute approximate surface area is 378 Å². The number of rotatable bonds is 47. The highest BCUT2D eigenvalue weighted by Crippen LogP contribution is 2.14. The van der Waals surface area contributed by atoms with E-state index in [1.54, 1.807) is 0 Å². The van der Waals surface area contributed by atoms with E-state index in [1.807, 2.05) is 0 Å². The number of hydrogen-bond donors (Lipinski definition) is 0. The van der Waals surface area contributed by atoms with Crippen LogP contribution in [0.5, 0.6) is 0 Å². The van der Waals surface area contributed by atoms with Crippen LogP contribution in [0, 0.1) is 0 Å². The van der Waals surface area contributed by atoms with Gasteiger partial charge in [0.25, 0.3) is 0 Å². The van der Waals surface area contributed by atoms with Gasteiger partial charge in [0, 0.05) is 19.3 Å². The van der Waals surface area contributed by atoms with Gasteiger partial charge in [-0.15, -0.1) is 0 Å². The van der Waals surface area contributed by atoms with E-state index in [0.29, 0.717) is 19.3 Å². The van der Waals surface area contributed by atoms with E-state index in [2.05, 4.69) is 69.4 Å². The molecule has 0 N–H and O–H groups in total. The predicted octanol–water partition coefficient (Wildman–Crippen LogP) is 17.1. The largest absolute Gasteiger partial charge is 0.462 e. The first-order valence-corrected chi connectivity index (χ1v) is 26.2. The Kier molecular flexibility index (Phi) is 47.9. The van der Waals surface area contributed by atoms with Gasteiger partial charge in [0.05, 0.1) is 0 Å². The van der Waals surface area contributed by atoms with Crippen LogP contribution in [0.25, 0.3) is 0 Å². The lowest BCUT2D eigenvalue weighted by Gasteiger charge is -2.18. The van der Waals surface area contributed by atoms with Gasteiger partial charge in [-0.3, -0.25) is 14.4 Å². The summed E-state index contributed by atoms with van der Waals surface area (Å²) in [6.45, 7) is 6.59. The molecule has 0 aromatic heterocycles. The maximum absolute atomic E-state index is 12.8. The van der Waals surface area contributed by atoms with E-state index in [1.165, 1.54) is 135 Å². The van der Waals surface area contributed by atoms with E-state index in [4.69, 9.17) is 14.2 Å². The lowest BCUT2D eigenvalue weighted by Crippen LogP contribution is -2.30. The summed E-state index contributed by atoms with van der Waals surface area (Å²) in [5.74, 6) is -0.914. The molecular weight excluding hydrogens is 757 g/mol. The molecule has 0 aromatic rings. The van der Waals surface area contributed by atoms with Crippen molar-refractivity contribution in [2.45, 2.75) is 271 Å². The molecule has 0 saturated carbocycles. The minimum atomic E-state index is -0.786. The Bertz CT molecular complexity index is 1070. The van der Waals surface area contributed by atoms with Crippen LogP contribution in [0.3, 0.4) is 0 Å². The molecule has 0 spiro atoms. The van der Waals surface area contributed by atoms with Crippen molar-refractivity contribution in [3.8, 4) is 0 Å². The molecule has 0 amide bonds. The van der Waals surface area contributed by atoms with Crippen molar-refractivity contribution in [2.75, 3.05) is 13.2 Å². The Morgan fingerprint density at radius 3 is 0.967 bits per heavy atom. The molecule has 0 radical (unpaired) electrons. The number of carbonyl (C=O) groups is 3. The Morgan fingerprint density at radius 1 is 0.328 bits per heavy atom. The first-order chi connectivity index (χ1) is 30.0. The first-order valence-electron chi connectivity index (χ1n) is 26.2. The highest BCUT2D eigenvalue weighted by atomic mass is 16.6. The molecule has 0 rings (SSSR count). The third-order valence-corrected chi connectivity index (χ3v) is 11.4. The van der Waals surface area contributed by atoms with Gasteiger partial charge in [0.15, 0.2) is 6.10 Å². The van der Waals surface area contributed by atoms with Crippen LogP contribution in [-0.4, -0.2) is 37.2 Å². The molecule has 0 fully saturated rings. The second kappa shape index (κ2) is 50.0. The lowest BCUT2D eigenvalue weighted by atomic mass is 10.1. The molecule has 0 aromatic carbocycles. The van der Waals surface area contributed by atoms with Crippen molar-refractivity contribution in [2.24, 2.45) is 0 Å². The zero-order valence-electron chi connectivity index (χ0n) is 40.4. The summed E-state index contributed by atoms with van der Waals surface area (Å²) in [6.07, 6.45) is 59.5. The minimum Gasteiger partial charge on any atom is -0.462 e. The number of ether oxygens (including phenoxy) is 3. The quantitative estimate of drug-likeness (QED) is 0.0199. The molecule has 0 aliphatic rings. The summed E-state index contributed by atoms with van der Waals surface area (Å²) >= 11 is 0. The normalized spacial score (nSPS) is 12.4. The minimum absolute atomic E-state index is 0.0838. The molecule has 1 atom stereocenters. The van der Waals surface area contributed by atoms with Gasteiger partial charge >= 0.3 is 17.9 Å². The summed E-state index contributed by atoms with van der Waals surface area (Å²) in [6, 6.07) is 0. The van der Waals surface area contributed by atoms with Crippen LogP contribution < -0.4 is 0 Å². The van der Waals surface area contributed by atoms with Crippen LogP contribution in [0.15, 0.2) is 48.6 Å². The predicted molar refractivity (Wildman–Crippen MR) is 261 cm³/mol. The Balaban J connectivity index is 4.40. The van der Waals surface area contributed by atoms with E-state index < -0.39 is 6.10 Å². The molecule has 0 aliphatic heterocycles. The molecule has 61 heavy (non-hydrogen) atoms. The van der Waals surface area contributed by atoms with Crippen LogP contribution >= 0.6 is 0 Å². The Morgan fingerprint density at radius 2 is 0.607 bits per heavy atom. The van der Waals surface area contributed by atoms with Crippen LogP contribution in [-0.2, 0) is 28.6 Å². The fraction of sp³-hybridized carbons (Fsp3) is 0.800. The van der Waals surface area contributed by atoms with Crippen molar-refractivity contribution < 1.29 is 28.6 Å². The molecule has 354 valence electrons. The number of hydrogen-bond acceptors (Lipinski definition) is 6. The molecular formula is C55H98O6. The third-order valence-electron chi connectivity index (χ3n) is 11.4. The zero-order valence-corrected chi connectivity index (χ0v) is 40.4. The summed E-state index contributed by atoms with van der Waals surface area (Å²) in [5.41, 5.74) is 0. The fourth-order valence-electron chi connectivity index (χ4n) is 7.38. The topological polar surface area (TPSA) is 78.9 Å². The van der Waals surface area contributed by atoms with Crippen LogP contribution in [0.2, 0.25) is 0 Å². The summed E-state index contributed by atoms with van der Waals surface area (Å²) in [4.78, 5) is 37.9. The maximum Gasteiger partial charge on any atom is 0.306 e. The zero-order chi connectivity index (χ0) is 44.4. The maximum atomic E-state index is 12.8. The van der Waals surface area contributed by atoms with Gasteiger partial charge in [-0.1, -0.05) is 223 Å². The van der Waals surface area contributed by atoms with Crippen LogP contribution in [0.4, 0.5) is 0 Å². The number of allylic oxidation sites excluding steroid dienone is 8. The summed E-state index contributed by atoms with van der Waals surface area (Å²) in [5, 5.41) is 0. The fourth-order valence-corrected chi connectivity index (χ4v) is 7.38. The molecule has 1 unspecified atom stereocenters. The van der Waals surface area contributed by atoms with Gasteiger partial charge < -0.3 is 14.2 Å². The van der Waals surface area contributed by atoms with E-state index >= 15 is 0 Å². The Hall–Kier alpha value is -2.63. The van der Waals surface area contributed by atoms with Crippen molar-refractivity contribution in [1.29, 1.82) is 0 Å². The molecule has 6 nitrogen and oxygen atoms in total. The molecule has 0 saturated heterocycles. The van der Waals surface area contributed by atoms with Crippen molar-refractivity contribution in [3.63, 3.8) is 0 Å². The van der Waals surface area contributed by atoms with E-state index in [0.717, 1.165) is 89.9 Å². The standard InChI is InChI=1S/C55H98O6/c1-4-7-10-13-16-19-22-24-26-27-28-29-31-33-36-39-42-45-48-54(57)60-51-52(50-59-53(56)47-44-41-38-35-32-21-18-15-12-9-6-3)61-55(58)49-46-43-40-37-34-30-25-23-20-17-14-11-8-5-2/h22,24,26-30,34,52H,4-21,23,25,31-33,35-51H2,1-3H3/b24-22-,27-26-,29-28-,34-30-. The van der Waals surface area contributed by atoms with Gasteiger partial charge in [0.1, 0.15) is 13.2 Å². The monoisotopic (exact) mass is 855 g/mol. The second-order valence-corrected chi connectivity index (χ2v) is 17.5. The van der Waals surface area contributed by atoms with Crippen molar-refractivity contribution in [1.82, 2.24) is 0 Å². The molecule has 0 heterocycles. The number of esters is 3. The average molecular weight is 855 g/mol.